The number of ether oxygens (including phenoxy) is 1. The summed E-state index contributed by atoms with van der Waals surface area (Å²) in [7, 11) is 0. The van der Waals surface area contributed by atoms with Crippen molar-refractivity contribution in [3.05, 3.63) is 29.8 Å². The Bertz CT molecular complexity index is 340. The number of rotatable bonds is 6. The van der Waals surface area contributed by atoms with Crippen LogP contribution in [0.25, 0.3) is 0 Å². The van der Waals surface area contributed by atoms with E-state index < -0.39 is 0 Å². The highest BCUT2D eigenvalue weighted by atomic mass is 79.9. The summed E-state index contributed by atoms with van der Waals surface area (Å²) < 4.78 is 5.63. The van der Waals surface area contributed by atoms with Crippen LogP contribution in [0.2, 0.25) is 0 Å². The molecule has 0 saturated heterocycles. The van der Waals surface area contributed by atoms with Crippen molar-refractivity contribution < 1.29 is 4.74 Å². The average Bonchev–Trinajstić information content (AvgIpc) is 3.11. The zero-order chi connectivity index (χ0) is 12.3. The zero-order valence-corrected chi connectivity index (χ0v) is 12.2. The van der Waals surface area contributed by atoms with E-state index in [1.165, 1.54) is 24.8 Å². The summed E-state index contributed by atoms with van der Waals surface area (Å²) in [6.07, 6.45) is 5.49. The van der Waals surface area contributed by atoms with Crippen molar-refractivity contribution in [2.45, 2.75) is 50.5 Å². The highest BCUT2D eigenvalue weighted by Gasteiger charge is 2.28. The van der Waals surface area contributed by atoms with Crippen LogP contribution < -0.4 is 4.74 Å². The maximum absolute atomic E-state index is 5.63. The minimum absolute atomic E-state index is 0.252. The van der Waals surface area contributed by atoms with Crippen LogP contribution in [0.1, 0.15) is 38.7 Å². The van der Waals surface area contributed by atoms with Crippen LogP contribution in [-0.2, 0) is 6.42 Å². The number of alkyl halides is 1. The fourth-order valence-corrected chi connectivity index (χ4v) is 2.76. The van der Waals surface area contributed by atoms with Gasteiger partial charge >= 0.3 is 0 Å². The SMILES string of the molecule is CC(C)Oc1ccc(CCC(Br)C2CC2)cc1. The Morgan fingerprint density at radius 1 is 1.24 bits per heavy atom. The molecule has 0 aromatic heterocycles. The molecule has 1 aliphatic rings. The molecule has 1 unspecified atom stereocenters. The van der Waals surface area contributed by atoms with E-state index in [9.17, 15) is 0 Å². The van der Waals surface area contributed by atoms with Crippen LogP contribution in [-0.4, -0.2) is 10.9 Å². The zero-order valence-electron chi connectivity index (χ0n) is 10.7. The summed E-state index contributed by atoms with van der Waals surface area (Å²) in [4.78, 5) is 0.717. The van der Waals surface area contributed by atoms with E-state index >= 15 is 0 Å². The Hall–Kier alpha value is -0.500. The van der Waals surface area contributed by atoms with Crippen molar-refractivity contribution in [3.8, 4) is 5.75 Å². The first-order valence-corrected chi connectivity index (χ1v) is 7.46. The highest BCUT2D eigenvalue weighted by molar-refractivity contribution is 9.09. The molecule has 0 heterocycles. The molecule has 0 spiro atoms. The van der Waals surface area contributed by atoms with Crippen LogP contribution in [0.4, 0.5) is 0 Å². The predicted molar refractivity (Wildman–Crippen MR) is 76.0 cm³/mol. The van der Waals surface area contributed by atoms with Gasteiger partial charge in [0.25, 0.3) is 0 Å². The van der Waals surface area contributed by atoms with Gasteiger partial charge in [-0.25, -0.2) is 0 Å². The van der Waals surface area contributed by atoms with Crippen LogP contribution >= 0.6 is 15.9 Å². The lowest BCUT2D eigenvalue weighted by Crippen LogP contribution is -2.05. The second kappa shape index (κ2) is 5.90. The van der Waals surface area contributed by atoms with E-state index in [0.29, 0.717) is 4.83 Å². The van der Waals surface area contributed by atoms with Gasteiger partial charge in [0.2, 0.25) is 0 Å². The third-order valence-corrected chi connectivity index (χ3v) is 4.34. The standard InChI is InChI=1S/C15H21BrO/c1-11(2)17-14-8-3-12(4-9-14)5-10-15(16)13-6-7-13/h3-4,8-9,11,13,15H,5-7,10H2,1-2H3. The van der Waals surface area contributed by atoms with Gasteiger partial charge in [-0.05, 0) is 63.1 Å². The molecular weight excluding hydrogens is 276 g/mol. The summed E-state index contributed by atoms with van der Waals surface area (Å²) in [5, 5.41) is 0. The van der Waals surface area contributed by atoms with Crippen LogP contribution in [0.3, 0.4) is 0 Å². The largest absolute Gasteiger partial charge is 0.491 e. The lowest BCUT2D eigenvalue weighted by molar-refractivity contribution is 0.242. The van der Waals surface area contributed by atoms with Crippen molar-refractivity contribution in [2.75, 3.05) is 0 Å². The van der Waals surface area contributed by atoms with Gasteiger partial charge < -0.3 is 4.74 Å². The number of hydrogen-bond donors (Lipinski definition) is 0. The molecule has 1 aromatic carbocycles. The Kier molecular flexibility index (Phi) is 4.49. The van der Waals surface area contributed by atoms with Gasteiger partial charge in [-0.2, -0.15) is 0 Å². The molecule has 2 rings (SSSR count). The molecule has 17 heavy (non-hydrogen) atoms. The first kappa shape index (κ1) is 12.9. The summed E-state index contributed by atoms with van der Waals surface area (Å²) in [6, 6.07) is 8.53. The third-order valence-electron chi connectivity index (χ3n) is 3.14. The molecule has 0 aliphatic heterocycles. The highest BCUT2D eigenvalue weighted by Crippen LogP contribution is 2.38. The average molecular weight is 297 g/mol. The first-order chi connectivity index (χ1) is 8.15. The summed E-state index contributed by atoms with van der Waals surface area (Å²) in [5.74, 6) is 1.92. The summed E-state index contributed by atoms with van der Waals surface area (Å²) >= 11 is 3.78. The second-order valence-electron chi connectivity index (χ2n) is 5.20. The van der Waals surface area contributed by atoms with Crippen LogP contribution in [0.15, 0.2) is 24.3 Å². The van der Waals surface area contributed by atoms with E-state index in [2.05, 4.69) is 54.0 Å². The van der Waals surface area contributed by atoms with Crippen molar-refractivity contribution >= 4 is 15.9 Å². The van der Waals surface area contributed by atoms with Crippen molar-refractivity contribution in [1.82, 2.24) is 0 Å². The van der Waals surface area contributed by atoms with E-state index in [0.717, 1.165) is 18.1 Å². The Morgan fingerprint density at radius 3 is 2.41 bits per heavy atom. The lowest BCUT2D eigenvalue weighted by atomic mass is 10.1. The van der Waals surface area contributed by atoms with Gasteiger partial charge in [0.1, 0.15) is 5.75 Å². The topological polar surface area (TPSA) is 9.23 Å². The maximum atomic E-state index is 5.63. The fourth-order valence-electron chi connectivity index (χ4n) is 2.01. The fraction of sp³-hybridized carbons (Fsp3) is 0.600. The number of hydrogen-bond acceptors (Lipinski definition) is 1. The van der Waals surface area contributed by atoms with E-state index in [1.807, 2.05) is 0 Å². The smallest absolute Gasteiger partial charge is 0.119 e. The summed E-state index contributed by atoms with van der Waals surface area (Å²) in [6.45, 7) is 4.11. The lowest BCUT2D eigenvalue weighted by Gasteiger charge is -2.11. The maximum Gasteiger partial charge on any atom is 0.119 e. The molecular formula is C15H21BrO. The molecule has 0 radical (unpaired) electrons. The Morgan fingerprint density at radius 2 is 1.88 bits per heavy atom. The Labute approximate surface area is 113 Å². The number of halogens is 1. The molecule has 1 fully saturated rings. The molecule has 0 N–H and O–H groups in total. The molecule has 1 atom stereocenters. The monoisotopic (exact) mass is 296 g/mol. The quantitative estimate of drug-likeness (QED) is 0.698. The Balaban J connectivity index is 1.80. The molecule has 1 aliphatic carbocycles. The predicted octanol–water partition coefficient (Wildman–Crippen LogP) is 4.58. The van der Waals surface area contributed by atoms with E-state index in [1.54, 1.807) is 0 Å². The third kappa shape index (κ3) is 4.34. The second-order valence-corrected chi connectivity index (χ2v) is 6.38. The van der Waals surface area contributed by atoms with Crippen LogP contribution in [0, 0.1) is 5.92 Å². The molecule has 1 nitrogen and oxygen atoms in total. The van der Waals surface area contributed by atoms with Gasteiger partial charge in [-0.1, -0.05) is 28.1 Å². The van der Waals surface area contributed by atoms with Gasteiger partial charge in [0.05, 0.1) is 6.10 Å². The van der Waals surface area contributed by atoms with Gasteiger partial charge in [0.15, 0.2) is 0 Å². The summed E-state index contributed by atoms with van der Waals surface area (Å²) in [5.41, 5.74) is 1.41. The van der Waals surface area contributed by atoms with Gasteiger partial charge in [-0.15, -0.1) is 0 Å². The van der Waals surface area contributed by atoms with Crippen molar-refractivity contribution in [3.63, 3.8) is 0 Å². The molecule has 1 saturated carbocycles. The number of aryl methyl sites for hydroxylation is 1. The van der Waals surface area contributed by atoms with E-state index in [-0.39, 0.29) is 6.10 Å². The molecule has 0 bridgehead atoms. The normalized spacial score (nSPS) is 17.2. The number of benzene rings is 1. The first-order valence-electron chi connectivity index (χ1n) is 6.55. The van der Waals surface area contributed by atoms with Crippen LogP contribution in [0.5, 0.6) is 5.75 Å². The van der Waals surface area contributed by atoms with Gasteiger partial charge in [-0.3, -0.25) is 0 Å². The minimum atomic E-state index is 0.252. The van der Waals surface area contributed by atoms with E-state index in [4.69, 9.17) is 4.74 Å². The van der Waals surface area contributed by atoms with Crippen molar-refractivity contribution in [1.29, 1.82) is 0 Å². The molecule has 2 heteroatoms. The molecule has 1 aromatic rings. The minimum Gasteiger partial charge on any atom is -0.491 e. The van der Waals surface area contributed by atoms with Crippen molar-refractivity contribution in [2.24, 2.45) is 5.92 Å². The van der Waals surface area contributed by atoms with Gasteiger partial charge in [0, 0.05) is 4.83 Å². The molecule has 0 amide bonds. The molecule has 94 valence electrons.